The zero-order valence-corrected chi connectivity index (χ0v) is 15.8. The van der Waals surface area contributed by atoms with E-state index in [4.69, 9.17) is 11.6 Å². The van der Waals surface area contributed by atoms with E-state index in [1.807, 2.05) is 13.8 Å². The van der Waals surface area contributed by atoms with E-state index in [2.05, 4.69) is 24.5 Å². The largest absolute Gasteiger partial charge is 0.355 e. The van der Waals surface area contributed by atoms with E-state index in [0.717, 1.165) is 11.0 Å². The maximum Gasteiger partial charge on any atom is 0.254 e. The molecule has 2 rings (SSSR count). The molecule has 2 aromatic heterocycles. The van der Waals surface area contributed by atoms with Crippen molar-refractivity contribution in [1.82, 2.24) is 15.3 Å². The molecule has 0 saturated carbocycles. The number of nitrogens with one attached hydrogen (secondary N) is 1. The first-order valence-electron chi connectivity index (χ1n) is 7.38. The third-order valence-corrected chi connectivity index (χ3v) is 4.22. The number of rotatable bonds is 5. The molecule has 0 aliphatic carbocycles. The molecule has 0 aromatic carbocycles. The summed E-state index contributed by atoms with van der Waals surface area (Å²) in [6, 6.07) is 2.65. The molecular formula is C16H17ClFN4O2P. The molecule has 1 unspecified atom stereocenters. The van der Waals surface area contributed by atoms with Crippen molar-refractivity contribution >= 4 is 50.0 Å². The smallest absolute Gasteiger partial charge is 0.254 e. The quantitative estimate of drug-likeness (QED) is 0.490. The Balaban J connectivity index is 2.78. The SMILES string of the molecule is CNC(=O)c1cc(F)c(Cl)nc1N(C=O)c1c(P)ccnc1C(C)C. The standard InChI is InChI=1S/C16H17ClFN4O2P/c1-8(2)12-13(11(25)4-5-20-12)22(7-23)15-9(16(24)19-3)6-10(18)14(17)21-15/h4-8H,25H2,1-3H3,(H,19,24). The van der Waals surface area contributed by atoms with Gasteiger partial charge in [-0.15, -0.1) is 9.24 Å². The van der Waals surface area contributed by atoms with Crippen LogP contribution in [-0.2, 0) is 4.79 Å². The Hall–Kier alpha value is -2.11. The van der Waals surface area contributed by atoms with Gasteiger partial charge in [0.15, 0.2) is 16.8 Å². The summed E-state index contributed by atoms with van der Waals surface area (Å²) in [5.41, 5.74) is 0.974. The fourth-order valence-corrected chi connectivity index (χ4v) is 2.83. The normalized spacial score (nSPS) is 10.7. The van der Waals surface area contributed by atoms with Crippen molar-refractivity contribution in [2.45, 2.75) is 19.8 Å². The summed E-state index contributed by atoms with van der Waals surface area (Å²) >= 11 is 5.78. The molecule has 25 heavy (non-hydrogen) atoms. The van der Waals surface area contributed by atoms with Gasteiger partial charge < -0.3 is 5.32 Å². The molecule has 0 aliphatic rings. The number of hydrogen-bond acceptors (Lipinski definition) is 4. The maximum atomic E-state index is 13.8. The number of amides is 2. The average molecular weight is 383 g/mol. The Bertz CT molecular complexity index is 832. The predicted molar refractivity (Wildman–Crippen MR) is 98.5 cm³/mol. The van der Waals surface area contributed by atoms with Crippen LogP contribution in [0.4, 0.5) is 15.9 Å². The van der Waals surface area contributed by atoms with Crippen LogP contribution < -0.4 is 15.5 Å². The third kappa shape index (κ3) is 3.78. The van der Waals surface area contributed by atoms with Gasteiger partial charge in [0.25, 0.3) is 5.91 Å². The zero-order valence-electron chi connectivity index (χ0n) is 13.9. The fraction of sp³-hybridized carbons (Fsp3) is 0.250. The second-order valence-electron chi connectivity index (χ2n) is 5.48. The lowest BCUT2D eigenvalue weighted by Crippen LogP contribution is -2.28. The van der Waals surface area contributed by atoms with Gasteiger partial charge in [-0.2, -0.15) is 0 Å². The molecule has 2 aromatic rings. The third-order valence-electron chi connectivity index (χ3n) is 3.49. The lowest BCUT2D eigenvalue weighted by atomic mass is 10.1. The number of pyridine rings is 2. The van der Waals surface area contributed by atoms with Crippen LogP contribution in [0.3, 0.4) is 0 Å². The van der Waals surface area contributed by atoms with E-state index in [1.165, 1.54) is 7.05 Å². The fourth-order valence-electron chi connectivity index (χ4n) is 2.32. The number of carbonyl (C=O) groups is 2. The van der Waals surface area contributed by atoms with Crippen molar-refractivity contribution in [3.05, 3.63) is 40.6 Å². The lowest BCUT2D eigenvalue weighted by molar-refractivity contribution is -0.106. The topological polar surface area (TPSA) is 75.2 Å². The molecule has 0 saturated heterocycles. The molecule has 1 atom stereocenters. The van der Waals surface area contributed by atoms with Crippen molar-refractivity contribution in [3.63, 3.8) is 0 Å². The highest BCUT2D eigenvalue weighted by Gasteiger charge is 2.25. The van der Waals surface area contributed by atoms with E-state index in [-0.39, 0.29) is 17.3 Å². The van der Waals surface area contributed by atoms with E-state index in [0.29, 0.717) is 23.1 Å². The second kappa shape index (κ2) is 7.85. The first-order valence-corrected chi connectivity index (χ1v) is 8.34. The summed E-state index contributed by atoms with van der Waals surface area (Å²) in [6.45, 7) is 3.84. The highest BCUT2D eigenvalue weighted by molar-refractivity contribution is 7.28. The number of nitrogens with zero attached hydrogens (tertiary/aromatic N) is 3. The van der Waals surface area contributed by atoms with Gasteiger partial charge in [-0.05, 0) is 23.4 Å². The second-order valence-corrected chi connectivity index (χ2v) is 6.46. The van der Waals surface area contributed by atoms with E-state index < -0.39 is 16.9 Å². The Morgan fingerprint density at radius 2 is 2.16 bits per heavy atom. The summed E-state index contributed by atoms with van der Waals surface area (Å²) in [4.78, 5) is 33.4. The molecule has 0 fully saturated rings. The van der Waals surface area contributed by atoms with Crippen LogP contribution in [0.1, 0.15) is 35.8 Å². The average Bonchev–Trinajstić information content (AvgIpc) is 2.58. The minimum absolute atomic E-state index is 0.00248. The van der Waals surface area contributed by atoms with E-state index in [1.54, 1.807) is 12.3 Å². The molecule has 9 heteroatoms. The minimum Gasteiger partial charge on any atom is -0.355 e. The highest BCUT2D eigenvalue weighted by atomic mass is 35.5. The first-order chi connectivity index (χ1) is 11.8. The summed E-state index contributed by atoms with van der Waals surface area (Å²) < 4.78 is 13.8. The number of anilines is 2. The van der Waals surface area contributed by atoms with Crippen molar-refractivity contribution in [2.75, 3.05) is 11.9 Å². The number of carbonyl (C=O) groups excluding carboxylic acids is 2. The van der Waals surface area contributed by atoms with Crippen molar-refractivity contribution in [2.24, 2.45) is 0 Å². The minimum atomic E-state index is -0.851. The van der Waals surface area contributed by atoms with Gasteiger partial charge in [0, 0.05) is 13.2 Å². The molecule has 0 bridgehead atoms. The lowest BCUT2D eigenvalue weighted by Gasteiger charge is -2.24. The van der Waals surface area contributed by atoms with Gasteiger partial charge in [-0.25, -0.2) is 9.37 Å². The van der Waals surface area contributed by atoms with Gasteiger partial charge in [0.05, 0.1) is 16.9 Å². The van der Waals surface area contributed by atoms with E-state index in [9.17, 15) is 14.0 Å². The van der Waals surface area contributed by atoms with E-state index >= 15 is 0 Å². The molecule has 1 N–H and O–H groups in total. The Morgan fingerprint density at radius 1 is 1.48 bits per heavy atom. The van der Waals surface area contributed by atoms with Crippen LogP contribution in [0, 0.1) is 5.82 Å². The van der Waals surface area contributed by atoms with Crippen molar-refractivity contribution in [3.8, 4) is 0 Å². The van der Waals surface area contributed by atoms with Crippen molar-refractivity contribution < 1.29 is 14.0 Å². The number of halogens is 2. The molecule has 6 nitrogen and oxygen atoms in total. The van der Waals surface area contributed by atoms with Crippen LogP contribution in [0.5, 0.6) is 0 Å². The van der Waals surface area contributed by atoms with Crippen LogP contribution in [0.2, 0.25) is 5.15 Å². The molecule has 2 amide bonds. The van der Waals surface area contributed by atoms with Gasteiger partial charge in [0.1, 0.15) is 0 Å². The molecule has 2 heterocycles. The van der Waals surface area contributed by atoms with Crippen LogP contribution >= 0.6 is 20.8 Å². The van der Waals surface area contributed by atoms with Gasteiger partial charge in [0.2, 0.25) is 6.41 Å². The Kier molecular flexibility index (Phi) is 6.03. The first kappa shape index (κ1) is 19.2. The molecule has 132 valence electrons. The molecule has 0 radical (unpaired) electrons. The van der Waals surface area contributed by atoms with Crippen LogP contribution in [-0.4, -0.2) is 29.3 Å². The van der Waals surface area contributed by atoms with Crippen LogP contribution in [0.15, 0.2) is 18.3 Å². The molecule has 0 aliphatic heterocycles. The Labute approximate surface area is 152 Å². The molecule has 0 spiro atoms. The molecular weight excluding hydrogens is 366 g/mol. The summed E-state index contributed by atoms with van der Waals surface area (Å²) in [5, 5.41) is 2.64. The maximum absolute atomic E-state index is 13.8. The van der Waals surface area contributed by atoms with Gasteiger partial charge >= 0.3 is 0 Å². The summed E-state index contributed by atoms with van der Waals surface area (Å²) in [5.74, 6) is -1.52. The summed E-state index contributed by atoms with van der Waals surface area (Å²) in [7, 11) is 3.91. The summed E-state index contributed by atoms with van der Waals surface area (Å²) in [6.07, 6.45) is 2.12. The van der Waals surface area contributed by atoms with Gasteiger partial charge in [-0.3, -0.25) is 19.5 Å². The highest BCUT2D eigenvalue weighted by Crippen LogP contribution is 2.32. The van der Waals surface area contributed by atoms with Crippen LogP contribution in [0.25, 0.3) is 0 Å². The number of hydrogen-bond donors (Lipinski definition) is 1. The van der Waals surface area contributed by atoms with Gasteiger partial charge in [-0.1, -0.05) is 25.4 Å². The monoisotopic (exact) mass is 382 g/mol. The number of aromatic nitrogens is 2. The predicted octanol–water partition coefficient (Wildman–Crippen LogP) is 2.55. The zero-order chi connectivity index (χ0) is 18.7. The van der Waals surface area contributed by atoms with Crippen molar-refractivity contribution in [1.29, 1.82) is 0 Å². The Morgan fingerprint density at radius 3 is 2.72 bits per heavy atom.